The van der Waals surface area contributed by atoms with Crippen LogP contribution in [0.3, 0.4) is 0 Å². The van der Waals surface area contributed by atoms with Crippen molar-refractivity contribution in [3.05, 3.63) is 191 Å². The van der Waals surface area contributed by atoms with Gasteiger partial charge in [-0.25, -0.2) is 0 Å². The van der Waals surface area contributed by atoms with Crippen LogP contribution < -0.4 is 4.90 Å². The van der Waals surface area contributed by atoms with Crippen molar-refractivity contribution in [2.24, 2.45) is 11.8 Å². The average molecular weight is 818 g/mol. The average Bonchev–Trinajstić information content (AvgIpc) is 3.45. The fourth-order valence-corrected chi connectivity index (χ4v) is 10.2. The molecule has 6 aliphatic carbocycles. The number of nitrogens with zero attached hydrogens (tertiary/aromatic N) is 1. The summed E-state index contributed by atoms with van der Waals surface area (Å²) >= 11 is 2.48. The number of phenolic OH excluding ortho intramolecular Hbond substituents is 1. The molecule has 0 aliphatic heterocycles. The Hall–Kier alpha value is -4.61. The summed E-state index contributed by atoms with van der Waals surface area (Å²) in [5, 5.41) is 11.8. The molecule has 0 radical (unpaired) electrons. The lowest BCUT2D eigenvalue weighted by atomic mass is 9.80. The van der Waals surface area contributed by atoms with E-state index in [1.54, 1.807) is 0 Å². The van der Waals surface area contributed by atoms with Crippen molar-refractivity contribution in [1.82, 2.24) is 0 Å². The second kappa shape index (κ2) is 14.6. The Labute approximate surface area is 334 Å². The number of aromatic hydroxyl groups is 1. The van der Waals surface area contributed by atoms with Gasteiger partial charge in [0.25, 0.3) is 0 Å². The number of allylic oxidation sites excluding steroid dienone is 19. The molecule has 0 heterocycles. The van der Waals surface area contributed by atoms with Crippen LogP contribution in [0.1, 0.15) is 75.0 Å². The third kappa shape index (κ3) is 6.38. The highest BCUT2D eigenvalue weighted by Gasteiger charge is 2.39. The Kier molecular flexibility index (Phi) is 9.47. The number of benzene rings is 3. The molecule has 3 heteroatoms. The molecule has 0 fully saturated rings. The van der Waals surface area contributed by atoms with Gasteiger partial charge >= 0.3 is 0 Å². The molecule has 0 saturated carbocycles. The maximum absolute atomic E-state index is 11.8. The van der Waals surface area contributed by atoms with E-state index in [2.05, 4.69) is 193 Å². The topological polar surface area (TPSA) is 23.5 Å². The van der Waals surface area contributed by atoms with Crippen molar-refractivity contribution in [3.8, 4) is 28.0 Å². The fourth-order valence-electron chi connectivity index (χ4n) is 9.34. The summed E-state index contributed by atoms with van der Waals surface area (Å²) in [4.78, 5) is 2.49. The molecule has 270 valence electrons. The van der Waals surface area contributed by atoms with E-state index in [1.165, 1.54) is 50.5 Å². The van der Waals surface area contributed by atoms with E-state index in [1.807, 2.05) is 0 Å². The molecule has 6 aliphatic rings. The summed E-state index contributed by atoms with van der Waals surface area (Å²) in [5.41, 5.74) is 14.6. The monoisotopic (exact) mass is 817 g/mol. The Morgan fingerprint density at radius 3 is 2.28 bits per heavy atom. The SMILES string of the molecule is CC1(C)c2cc(-c3ccc(N(C4=CCC(C5=CCCC=C5)C=C4)C4=CC=C(C5C=CC=CC5)CC4)cc3)ccc2-c2c1ccc(C1C=CC=CC1I)c2O. The van der Waals surface area contributed by atoms with Crippen molar-refractivity contribution < 1.29 is 5.11 Å². The van der Waals surface area contributed by atoms with Crippen molar-refractivity contribution in [1.29, 1.82) is 0 Å². The molecular weight excluding hydrogens is 769 g/mol. The Morgan fingerprint density at radius 2 is 1.56 bits per heavy atom. The van der Waals surface area contributed by atoms with E-state index in [9.17, 15) is 5.11 Å². The highest BCUT2D eigenvalue weighted by Crippen LogP contribution is 2.55. The number of hydrogen-bond acceptors (Lipinski definition) is 2. The molecule has 3 aromatic carbocycles. The van der Waals surface area contributed by atoms with Gasteiger partial charge < -0.3 is 10.0 Å². The minimum absolute atomic E-state index is 0.159. The summed E-state index contributed by atoms with van der Waals surface area (Å²) in [6, 6.07) is 20.4. The van der Waals surface area contributed by atoms with Gasteiger partial charge in [0.15, 0.2) is 0 Å². The number of fused-ring (bicyclic) bond motifs is 3. The van der Waals surface area contributed by atoms with Crippen LogP contribution in [0.15, 0.2) is 174 Å². The van der Waals surface area contributed by atoms with E-state index >= 15 is 0 Å². The van der Waals surface area contributed by atoms with Crippen LogP contribution in [0.5, 0.6) is 5.75 Å². The normalized spacial score (nSPS) is 24.7. The Morgan fingerprint density at radius 1 is 0.722 bits per heavy atom. The molecule has 0 amide bonds. The summed E-state index contributed by atoms with van der Waals surface area (Å²) in [5.74, 6) is 1.55. The van der Waals surface area contributed by atoms with Crippen molar-refractivity contribution in [2.75, 3.05) is 4.90 Å². The van der Waals surface area contributed by atoms with Crippen molar-refractivity contribution in [3.63, 3.8) is 0 Å². The van der Waals surface area contributed by atoms with Crippen LogP contribution in [-0.2, 0) is 5.41 Å². The second-order valence-electron chi connectivity index (χ2n) is 16.0. The number of phenols is 1. The number of anilines is 1. The minimum atomic E-state index is -0.218. The number of rotatable bonds is 7. The molecule has 2 nitrogen and oxygen atoms in total. The maximum Gasteiger partial charge on any atom is 0.127 e. The van der Waals surface area contributed by atoms with Crippen molar-refractivity contribution >= 4 is 28.3 Å². The van der Waals surface area contributed by atoms with E-state index in [4.69, 9.17) is 0 Å². The third-order valence-electron chi connectivity index (χ3n) is 12.4. The van der Waals surface area contributed by atoms with Crippen molar-refractivity contribution in [2.45, 2.75) is 67.6 Å². The van der Waals surface area contributed by atoms with Crippen LogP contribution in [-0.4, -0.2) is 9.03 Å². The molecule has 9 rings (SSSR count). The quantitative estimate of drug-likeness (QED) is 0.190. The lowest BCUT2D eigenvalue weighted by molar-refractivity contribution is 0.467. The zero-order valence-electron chi connectivity index (χ0n) is 31.3. The second-order valence-corrected chi connectivity index (χ2v) is 17.4. The van der Waals surface area contributed by atoms with Crippen LogP contribution >= 0.6 is 22.6 Å². The molecule has 54 heavy (non-hydrogen) atoms. The minimum Gasteiger partial charge on any atom is -0.507 e. The van der Waals surface area contributed by atoms with E-state index in [0.29, 0.717) is 21.5 Å². The first kappa shape index (κ1) is 35.1. The highest BCUT2D eigenvalue weighted by atomic mass is 127. The highest BCUT2D eigenvalue weighted by molar-refractivity contribution is 14.1. The first-order chi connectivity index (χ1) is 26.4. The van der Waals surface area contributed by atoms with E-state index in [0.717, 1.165) is 55.2 Å². The van der Waals surface area contributed by atoms with Crippen LogP contribution in [0.4, 0.5) is 5.69 Å². The van der Waals surface area contributed by atoms with Gasteiger partial charge in [-0.05, 0) is 102 Å². The number of halogens is 1. The van der Waals surface area contributed by atoms with E-state index in [-0.39, 0.29) is 11.3 Å². The zero-order valence-corrected chi connectivity index (χ0v) is 33.4. The maximum atomic E-state index is 11.8. The molecule has 0 bridgehead atoms. The van der Waals surface area contributed by atoms with Gasteiger partial charge in [0.05, 0.1) is 0 Å². The van der Waals surface area contributed by atoms with Crippen LogP contribution in [0.2, 0.25) is 0 Å². The molecule has 0 saturated heterocycles. The molecule has 1 N–H and O–H groups in total. The van der Waals surface area contributed by atoms with Gasteiger partial charge in [-0.3, -0.25) is 0 Å². The van der Waals surface area contributed by atoms with Gasteiger partial charge in [0, 0.05) is 55.3 Å². The fraction of sp³-hybridized carbons (Fsp3) is 0.255. The molecule has 4 atom stereocenters. The Balaban J connectivity index is 1.03. The first-order valence-electron chi connectivity index (χ1n) is 19.8. The van der Waals surface area contributed by atoms with Gasteiger partial charge in [-0.15, -0.1) is 0 Å². The van der Waals surface area contributed by atoms with Crippen LogP contribution in [0, 0.1) is 11.8 Å². The van der Waals surface area contributed by atoms with Gasteiger partial charge in [0.1, 0.15) is 5.75 Å². The largest absolute Gasteiger partial charge is 0.507 e. The van der Waals surface area contributed by atoms with E-state index < -0.39 is 0 Å². The third-order valence-corrected chi connectivity index (χ3v) is 13.6. The number of hydrogen-bond donors (Lipinski definition) is 1. The lowest BCUT2D eigenvalue weighted by Gasteiger charge is -2.33. The summed E-state index contributed by atoms with van der Waals surface area (Å²) in [6.45, 7) is 4.59. The molecule has 0 aromatic heterocycles. The molecule has 4 unspecified atom stereocenters. The summed E-state index contributed by atoms with van der Waals surface area (Å²) < 4.78 is 0.311. The zero-order chi connectivity index (χ0) is 36.8. The summed E-state index contributed by atoms with van der Waals surface area (Å²) in [6.07, 6.45) is 43.2. The van der Waals surface area contributed by atoms with Crippen LogP contribution in [0.25, 0.3) is 22.3 Å². The first-order valence-corrected chi connectivity index (χ1v) is 21.0. The smallest absolute Gasteiger partial charge is 0.127 e. The Bertz CT molecular complexity index is 2300. The standard InChI is InChI=1S/C51H48INO/c1-51(2)46-32-31-44(43-15-9-10-16-48(43)52)50(54)49(46)45-30-23-39(33-47(45)51)38-21-28-42(29-22-38)53(40-24-17-36(18-25-40)34-11-5-3-6-12-34)41-26-19-37(20-27-41)35-13-7-4-8-14-35/h3,5-7,9-11,13-17,19,21-24,26-34,37,43,48,54H,4,8,12,18,20,25H2,1-2H3. The molecule has 0 spiro atoms. The molecular formula is C51H48INO. The van der Waals surface area contributed by atoms with Gasteiger partial charge in [-0.1, -0.05) is 163 Å². The lowest BCUT2D eigenvalue weighted by Crippen LogP contribution is -2.24. The predicted molar refractivity (Wildman–Crippen MR) is 236 cm³/mol. The molecule has 3 aromatic rings. The van der Waals surface area contributed by atoms with Gasteiger partial charge in [-0.2, -0.15) is 0 Å². The predicted octanol–water partition coefficient (Wildman–Crippen LogP) is 13.7. The van der Waals surface area contributed by atoms with Gasteiger partial charge in [0.2, 0.25) is 0 Å². The number of alkyl halides is 1. The summed E-state index contributed by atoms with van der Waals surface area (Å²) in [7, 11) is 0.